The lowest BCUT2D eigenvalue weighted by atomic mass is 9.38. The minimum atomic E-state index is 0.160. The van der Waals surface area contributed by atoms with E-state index in [9.17, 15) is 0 Å². The molecule has 0 bridgehead atoms. The van der Waals surface area contributed by atoms with Crippen molar-refractivity contribution < 1.29 is 4.74 Å². The maximum Gasteiger partial charge on any atom is 0.252 e. The molecular weight excluding hydrogens is 483 g/mol. The first-order chi connectivity index (χ1) is 19.6. The zero-order valence-corrected chi connectivity index (χ0v) is 22.6. The zero-order valence-electron chi connectivity index (χ0n) is 22.6. The van der Waals surface area contributed by atoms with Gasteiger partial charge in [0.05, 0.1) is 0 Å². The van der Waals surface area contributed by atoms with Gasteiger partial charge < -0.3 is 4.74 Å². The van der Waals surface area contributed by atoms with Crippen LogP contribution in [-0.4, -0.2) is 6.71 Å². The van der Waals surface area contributed by atoms with Gasteiger partial charge in [-0.25, -0.2) is 0 Å². The fourth-order valence-corrected chi connectivity index (χ4v) is 6.38. The van der Waals surface area contributed by atoms with Gasteiger partial charge in [-0.05, 0) is 93.5 Å². The van der Waals surface area contributed by atoms with Crippen molar-refractivity contribution in [2.75, 3.05) is 0 Å². The van der Waals surface area contributed by atoms with Gasteiger partial charge >= 0.3 is 0 Å². The normalized spacial score (nSPS) is 12.4. The second-order valence-electron chi connectivity index (χ2n) is 11.1. The molecular formula is C38H27BO. The van der Waals surface area contributed by atoms with Gasteiger partial charge in [-0.2, -0.15) is 0 Å². The van der Waals surface area contributed by atoms with Crippen LogP contribution in [0.2, 0.25) is 0 Å². The summed E-state index contributed by atoms with van der Waals surface area (Å²) in [5, 5.41) is 0. The van der Waals surface area contributed by atoms with Gasteiger partial charge in [-0.1, -0.05) is 120 Å². The quantitative estimate of drug-likeness (QED) is 0.220. The summed E-state index contributed by atoms with van der Waals surface area (Å²) in [4.78, 5) is 0. The highest BCUT2D eigenvalue weighted by Crippen LogP contribution is 2.40. The minimum absolute atomic E-state index is 0.160. The number of rotatable bonds is 3. The second-order valence-corrected chi connectivity index (χ2v) is 11.1. The Balaban J connectivity index is 1.33. The molecule has 1 nitrogen and oxygen atoms in total. The third kappa shape index (κ3) is 3.64. The number of benzene rings is 6. The number of aryl methyl sites for hydroxylation is 2. The van der Waals surface area contributed by atoms with E-state index in [0.717, 1.165) is 11.5 Å². The molecule has 188 valence electrons. The number of hydrogen-bond acceptors (Lipinski definition) is 1. The van der Waals surface area contributed by atoms with E-state index in [4.69, 9.17) is 4.74 Å². The Morgan fingerprint density at radius 2 is 0.950 bits per heavy atom. The SMILES string of the molecule is Cc1ccc(-c2ccc3c(c2)Oc2cc(-c4ccccc4)cc4c2B3c2ccc(-c3ccc(C)cc3)cc2-4)cc1. The summed E-state index contributed by atoms with van der Waals surface area (Å²) in [6.45, 7) is 4.42. The topological polar surface area (TPSA) is 9.23 Å². The van der Waals surface area contributed by atoms with Crippen molar-refractivity contribution in [3.05, 3.63) is 139 Å². The summed E-state index contributed by atoms with van der Waals surface area (Å²) in [6.07, 6.45) is 0. The molecule has 0 amide bonds. The van der Waals surface area contributed by atoms with Gasteiger partial charge in [0.25, 0.3) is 6.71 Å². The lowest BCUT2D eigenvalue weighted by Crippen LogP contribution is -2.52. The van der Waals surface area contributed by atoms with Gasteiger partial charge in [0.1, 0.15) is 11.5 Å². The molecule has 0 unspecified atom stereocenters. The third-order valence-corrected chi connectivity index (χ3v) is 8.51. The standard InChI is InChI=1S/C38H27BO/c1-24-8-12-27(13-9-24)29-16-18-34-32(20-29)33-21-31(26-6-4-3-5-7-26)23-37-38(33)39(34)35-19-17-30(22-36(35)40-37)28-14-10-25(2)11-15-28/h3-23H,1-2H3. The smallest absolute Gasteiger partial charge is 0.252 e. The molecule has 0 saturated heterocycles. The summed E-state index contributed by atoms with van der Waals surface area (Å²) >= 11 is 0. The fourth-order valence-electron chi connectivity index (χ4n) is 6.38. The van der Waals surface area contributed by atoms with E-state index < -0.39 is 0 Å². The van der Waals surface area contributed by atoms with E-state index in [1.807, 2.05) is 0 Å². The van der Waals surface area contributed by atoms with Crippen molar-refractivity contribution >= 4 is 23.1 Å². The zero-order chi connectivity index (χ0) is 26.8. The highest BCUT2D eigenvalue weighted by atomic mass is 16.5. The molecule has 2 heteroatoms. The fraction of sp³-hybridized carbons (Fsp3) is 0.0526. The van der Waals surface area contributed by atoms with Crippen LogP contribution in [0.3, 0.4) is 0 Å². The average Bonchev–Trinajstić information content (AvgIpc) is 3.33. The summed E-state index contributed by atoms with van der Waals surface area (Å²) in [5.41, 5.74) is 16.2. The molecule has 0 aliphatic carbocycles. The molecule has 2 aliphatic heterocycles. The van der Waals surface area contributed by atoms with Crippen LogP contribution in [0.15, 0.2) is 127 Å². The average molecular weight is 510 g/mol. The van der Waals surface area contributed by atoms with E-state index in [0.29, 0.717) is 0 Å². The lowest BCUT2D eigenvalue weighted by Gasteiger charge is -2.25. The first kappa shape index (κ1) is 23.1. The second kappa shape index (κ2) is 8.86. The number of fused-ring (bicyclic) bond motifs is 5. The van der Waals surface area contributed by atoms with Gasteiger partial charge in [-0.3, -0.25) is 0 Å². The first-order valence-corrected chi connectivity index (χ1v) is 14.0. The molecule has 0 aromatic heterocycles. The maximum absolute atomic E-state index is 6.78. The molecule has 0 N–H and O–H groups in total. The van der Waals surface area contributed by atoms with E-state index in [1.165, 1.54) is 72.0 Å². The van der Waals surface area contributed by atoms with Gasteiger partial charge in [-0.15, -0.1) is 0 Å². The molecule has 8 rings (SSSR count). The summed E-state index contributed by atoms with van der Waals surface area (Å²) < 4.78 is 6.78. The van der Waals surface area contributed by atoms with Crippen LogP contribution in [-0.2, 0) is 0 Å². The van der Waals surface area contributed by atoms with Crippen molar-refractivity contribution in [3.63, 3.8) is 0 Å². The third-order valence-electron chi connectivity index (χ3n) is 8.51. The van der Waals surface area contributed by atoms with Crippen LogP contribution in [0.25, 0.3) is 44.5 Å². The summed E-state index contributed by atoms with van der Waals surface area (Å²) in [7, 11) is 0. The Morgan fingerprint density at radius 1 is 0.425 bits per heavy atom. The van der Waals surface area contributed by atoms with Crippen LogP contribution in [0.4, 0.5) is 0 Å². The molecule has 2 aliphatic rings. The van der Waals surface area contributed by atoms with Gasteiger partial charge in [0.15, 0.2) is 0 Å². The first-order valence-electron chi connectivity index (χ1n) is 14.0. The predicted octanol–water partition coefficient (Wildman–Crippen LogP) is 7.91. The van der Waals surface area contributed by atoms with Crippen molar-refractivity contribution in [1.82, 2.24) is 0 Å². The Labute approximate surface area is 235 Å². The molecule has 6 aromatic rings. The van der Waals surface area contributed by atoms with Gasteiger partial charge in [0.2, 0.25) is 0 Å². The van der Waals surface area contributed by atoms with Gasteiger partial charge in [0, 0.05) is 0 Å². The number of hydrogen-bond donors (Lipinski definition) is 0. The van der Waals surface area contributed by atoms with E-state index >= 15 is 0 Å². The maximum atomic E-state index is 6.78. The van der Waals surface area contributed by atoms with E-state index in [-0.39, 0.29) is 6.71 Å². The molecule has 0 fully saturated rings. The molecule has 0 atom stereocenters. The van der Waals surface area contributed by atoms with E-state index in [2.05, 4.69) is 141 Å². The van der Waals surface area contributed by atoms with E-state index in [1.54, 1.807) is 0 Å². The van der Waals surface area contributed by atoms with Crippen LogP contribution < -0.4 is 21.1 Å². The number of ether oxygens (including phenoxy) is 1. The largest absolute Gasteiger partial charge is 0.458 e. The molecule has 6 aromatic carbocycles. The molecule has 2 heterocycles. The minimum Gasteiger partial charge on any atom is -0.458 e. The summed E-state index contributed by atoms with van der Waals surface area (Å²) in [5.74, 6) is 1.91. The molecule has 40 heavy (non-hydrogen) atoms. The van der Waals surface area contributed by atoms with Crippen molar-refractivity contribution in [1.29, 1.82) is 0 Å². The van der Waals surface area contributed by atoms with Crippen molar-refractivity contribution in [3.8, 4) is 56.0 Å². The van der Waals surface area contributed by atoms with Crippen LogP contribution >= 0.6 is 0 Å². The predicted molar refractivity (Wildman–Crippen MR) is 169 cm³/mol. The van der Waals surface area contributed by atoms with Crippen molar-refractivity contribution in [2.45, 2.75) is 13.8 Å². The monoisotopic (exact) mass is 510 g/mol. The molecule has 0 saturated carbocycles. The van der Waals surface area contributed by atoms with Crippen molar-refractivity contribution in [2.24, 2.45) is 0 Å². The highest BCUT2D eigenvalue weighted by molar-refractivity contribution is 7.00. The lowest BCUT2D eigenvalue weighted by molar-refractivity contribution is 0.488. The van der Waals surface area contributed by atoms with Crippen LogP contribution in [0.1, 0.15) is 11.1 Å². The molecule has 0 spiro atoms. The van der Waals surface area contributed by atoms with Crippen LogP contribution in [0, 0.1) is 13.8 Å². The Bertz CT molecular complexity index is 1920. The Kier molecular flexibility index (Phi) is 5.12. The Morgan fingerprint density at radius 3 is 1.62 bits per heavy atom. The molecule has 0 radical (unpaired) electrons. The highest BCUT2D eigenvalue weighted by Gasteiger charge is 2.41. The summed E-state index contributed by atoms with van der Waals surface area (Å²) in [6, 6.07) is 46.5. The Hall–Kier alpha value is -4.82. The van der Waals surface area contributed by atoms with Crippen LogP contribution in [0.5, 0.6) is 11.5 Å².